The second kappa shape index (κ2) is 7.15. The summed E-state index contributed by atoms with van der Waals surface area (Å²) >= 11 is 0. The highest BCUT2D eigenvalue weighted by Crippen LogP contribution is 2.35. The number of likely N-dealkylation sites (tertiary alicyclic amines) is 2. The van der Waals surface area contributed by atoms with E-state index in [2.05, 4.69) is 11.0 Å². The SMILES string of the molecule is N#Cc1ccc(C(=O)N2CC[C@H]3CO[C@H](CN4CCCC4)[C@H]3C2)cc1. The number of benzene rings is 1. The molecule has 4 rings (SSSR count). The van der Waals surface area contributed by atoms with Crippen molar-refractivity contribution in [3.63, 3.8) is 0 Å². The predicted molar refractivity (Wildman–Crippen MR) is 94.1 cm³/mol. The van der Waals surface area contributed by atoms with Gasteiger partial charge in [-0.2, -0.15) is 5.26 Å². The first-order valence-corrected chi connectivity index (χ1v) is 9.38. The molecule has 0 aromatic heterocycles. The summed E-state index contributed by atoms with van der Waals surface area (Å²) in [6, 6.07) is 9.06. The number of piperidine rings is 1. The highest BCUT2D eigenvalue weighted by Gasteiger charge is 2.42. The van der Waals surface area contributed by atoms with Gasteiger partial charge in [0.05, 0.1) is 24.3 Å². The van der Waals surface area contributed by atoms with Crippen LogP contribution in [0.15, 0.2) is 24.3 Å². The van der Waals surface area contributed by atoms with Crippen molar-refractivity contribution in [2.45, 2.75) is 25.4 Å². The van der Waals surface area contributed by atoms with Gasteiger partial charge in [-0.1, -0.05) is 0 Å². The summed E-state index contributed by atoms with van der Waals surface area (Å²) in [7, 11) is 0. The summed E-state index contributed by atoms with van der Waals surface area (Å²) in [5.74, 6) is 1.13. The Hall–Kier alpha value is -1.90. The number of hydrogen-bond donors (Lipinski definition) is 0. The van der Waals surface area contributed by atoms with Crippen molar-refractivity contribution in [2.24, 2.45) is 11.8 Å². The van der Waals surface area contributed by atoms with Gasteiger partial charge in [0.2, 0.25) is 0 Å². The lowest BCUT2D eigenvalue weighted by Crippen LogP contribution is -2.47. The van der Waals surface area contributed by atoms with Crippen molar-refractivity contribution >= 4 is 5.91 Å². The molecule has 1 amide bonds. The second-order valence-electron chi connectivity index (χ2n) is 7.53. The van der Waals surface area contributed by atoms with Crippen LogP contribution in [0.1, 0.15) is 35.2 Å². The van der Waals surface area contributed by atoms with Crippen molar-refractivity contribution in [3.8, 4) is 6.07 Å². The van der Waals surface area contributed by atoms with E-state index in [1.807, 2.05) is 4.90 Å². The zero-order valence-corrected chi connectivity index (χ0v) is 14.6. The monoisotopic (exact) mass is 339 g/mol. The van der Waals surface area contributed by atoms with E-state index in [9.17, 15) is 4.79 Å². The van der Waals surface area contributed by atoms with E-state index in [0.29, 0.717) is 23.0 Å². The van der Waals surface area contributed by atoms with Crippen LogP contribution in [0.3, 0.4) is 0 Å². The lowest BCUT2D eigenvalue weighted by molar-refractivity contribution is 0.0436. The van der Waals surface area contributed by atoms with Gasteiger partial charge in [0.15, 0.2) is 0 Å². The van der Waals surface area contributed by atoms with E-state index in [0.717, 1.165) is 32.7 Å². The molecule has 1 aromatic rings. The first-order chi connectivity index (χ1) is 12.2. The summed E-state index contributed by atoms with van der Waals surface area (Å²) in [6.07, 6.45) is 3.89. The van der Waals surface area contributed by atoms with Crippen LogP contribution in [0.5, 0.6) is 0 Å². The number of hydrogen-bond acceptors (Lipinski definition) is 4. The molecular formula is C20H25N3O2. The van der Waals surface area contributed by atoms with E-state index < -0.39 is 0 Å². The predicted octanol–water partition coefficient (Wildman–Crippen LogP) is 2.13. The topological polar surface area (TPSA) is 56.6 Å². The van der Waals surface area contributed by atoms with Gasteiger partial charge in [-0.25, -0.2) is 0 Å². The molecule has 25 heavy (non-hydrogen) atoms. The third-order valence-corrected chi connectivity index (χ3v) is 5.99. The van der Waals surface area contributed by atoms with Gasteiger partial charge in [0.1, 0.15) is 0 Å². The lowest BCUT2D eigenvalue weighted by Gasteiger charge is -2.37. The van der Waals surface area contributed by atoms with Crippen LogP contribution in [0, 0.1) is 23.2 Å². The molecule has 0 aliphatic carbocycles. The number of nitrogens with zero attached hydrogens (tertiary/aromatic N) is 3. The zero-order valence-electron chi connectivity index (χ0n) is 14.6. The Morgan fingerprint density at radius 2 is 1.96 bits per heavy atom. The maximum Gasteiger partial charge on any atom is 0.253 e. The summed E-state index contributed by atoms with van der Waals surface area (Å²) < 4.78 is 6.11. The Balaban J connectivity index is 1.42. The number of ether oxygens (including phenoxy) is 1. The Morgan fingerprint density at radius 1 is 1.20 bits per heavy atom. The molecule has 1 aromatic carbocycles. The van der Waals surface area contributed by atoms with Crippen molar-refractivity contribution < 1.29 is 9.53 Å². The highest BCUT2D eigenvalue weighted by molar-refractivity contribution is 5.94. The molecule has 0 radical (unpaired) electrons. The van der Waals surface area contributed by atoms with Crippen molar-refractivity contribution in [2.75, 3.05) is 39.3 Å². The smallest absolute Gasteiger partial charge is 0.253 e. The Bertz CT molecular complexity index is 661. The molecule has 3 aliphatic heterocycles. The molecule has 3 heterocycles. The average molecular weight is 339 g/mol. The summed E-state index contributed by atoms with van der Waals surface area (Å²) in [4.78, 5) is 17.3. The number of nitriles is 1. The fourth-order valence-electron chi connectivity index (χ4n) is 4.49. The molecule has 3 saturated heterocycles. The summed E-state index contributed by atoms with van der Waals surface area (Å²) in [6.45, 7) is 5.83. The van der Waals surface area contributed by atoms with E-state index in [1.165, 1.54) is 25.9 Å². The van der Waals surface area contributed by atoms with Gasteiger partial charge < -0.3 is 14.5 Å². The van der Waals surface area contributed by atoms with Crippen molar-refractivity contribution in [3.05, 3.63) is 35.4 Å². The van der Waals surface area contributed by atoms with Crippen LogP contribution in [-0.2, 0) is 4.74 Å². The van der Waals surface area contributed by atoms with E-state index >= 15 is 0 Å². The average Bonchev–Trinajstić information content (AvgIpc) is 3.31. The molecule has 0 bridgehead atoms. The highest BCUT2D eigenvalue weighted by atomic mass is 16.5. The quantitative estimate of drug-likeness (QED) is 0.846. The van der Waals surface area contributed by atoms with Crippen LogP contribution >= 0.6 is 0 Å². The molecule has 5 nitrogen and oxygen atoms in total. The summed E-state index contributed by atoms with van der Waals surface area (Å²) in [5, 5.41) is 8.90. The Kier molecular flexibility index (Phi) is 4.74. The minimum Gasteiger partial charge on any atom is -0.376 e. The molecular weight excluding hydrogens is 314 g/mol. The zero-order chi connectivity index (χ0) is 17.2. The Labute approximate surface area is 149 Å². The minimum absolute atomic E-state index is 0.0785. The molecule has 0 unspecified atom stereocenters. The van der Waals surface area contributed by atoms with Crippen LogP contribution in [0.4, 0.5) is 0 Å². The molecule has 5 heteroatoms. The number of carbonyl (C=O) groups excluding carboxylic acids is 1. The second-order valence-corrected chi connectivity index (χ2v) is 7.53. The van der Waals surface area contributed by atoms with Gasteiger partial charge in [0, 0.05) is 31.1 Å². The number of carbonyl (C=O) groups is 1. The van der Waals surface area contributed by atoms with Crippen LogP contribution in [0.25, 0.3) is 0 Å². The number of fused-ring (bicyclic) bond motifs is 1. The maximum absolute atomic E-state index is 12.8. The van der Waals surface area contributed by atoms with Gasteiger partial charge in [-0.05, 0) is 62.5 Å². The third-order valence-electron chi connectivity index (χ3n) is 5.99. The van der Waals surface area contributed by atoms with E-state index in [-0.39, 0.29) is 12.0 Å². The molecule has 3 aliphatic rings. The maximum atomic E-state index is 12.8. The fourth-order valence-corrected chi connectivity index (χ4v) is 4.49. The lowest BCUT2D eigenvalue weighted by atomic mass is 9.84. The van der Waals surface area contributed by atoms with Crippen LogP contribution < -0.4 is 0 Å². The van der Waals surface area contributed by atoms with Gasteiger partial charge >= 0.3 is 0 Å². The molecule has 3 fully saturated rings. The van der Waals surface area contributed by atoms with Gasteiger partial charge in [-0.3, -0.25) is 4.79 Å². The summed E-state index contributed by atoms with van der Waals surface area (Å²) in [5.41, 5.74) is 1.26. The molecule has 3 atom stereocenters. The first kappa shape index (κ1) is 16.6. The van der Waals surface area contributed by atoms with E-state index in [1.54, 1.807) is 24.3 Å². The molecule has 0 N–H and O–H groups in total. The van der Waals surface area contributed by atoms with Crippen molar-refractivity contribution in [1.82, 2.24) is 9.80 Å². The minimum atomic E-state index is 0.0785. The van der Waals surface area contributed by atoms with Gasteiger partial charge in [0.25, 0.3) is 5.91 Å². The molecule has 0 saturated carbocycles. The fraction of sp³-hybridized carbons (Fsp3) is 0.600. The normalized spacial score (nSPS) is 29.4. The standard InChI is InChI=1S/C20H25N3O2/c21-11-15-3-5-16(6-4-15)20(24)23-10-7-17-14-25-19(18(17)12-23)13-22-8-1-2-9-22/h3-6,17-19H,1-2,7-10,12-14H2/t17-,18-,19+/m0/s1. The van der Waals surface area contributed by atoms with Gasteiger partial charge in [-0.15, -0.1) is 0 Å². The third kappa shape index (κ3) is 3.42. The van der Waals surface area contributed by atoms with Crippen LogP contribution in [0.2, 0.25) is 0 Å². The van der Waals surface area contributed by atoms with Crippen LogP contribution in [-0.4, -0.2) is 61.1 Å². The first-order valence-electron chi connectivity index (χ1n) is 9.38. The number of rotatable bonds is 3. The molecule has 132 valence electrons. The Morgan fingerprint density at radius 3 is 2.68 bits per heavy atom. The number of amides is 1. The largest absolute Gasteiger partial charge is 0.376 e. The molecule has 0 spiro atoms. The van der Waals surface area contributed by atoms with E-state index in [4.69, 9.17) is 10.00 Å². The van der Waals surface area contributed by atoms with Crippen molar-refractivity contribution in [1.29, 1.82) is 5.26 Å².